The van der Waals surface area contributed by atoms with Gasteiger partial charge in [-0.15, -0.1) is 0 Å². The van der Waals surface area contributed by atoms with Crippen LogP contribution in [0.25, 0.3) is 0 Å². The van der Waals surface area contributed by atoms with E-state index in [1.54, 1.807) is 0 Å². The molecule has 3 aliphatic heterocycles. The highest BCUT2D eigenvalue weighted by Gasteiger charge is 2.32. The Kier molecular flexibility index (Phi) is 4.11. The average Bonchev–Trinajstić information content (AvgIpc) is 3.24. The Labute approximate surface area is 137 Å². The lowest BCUT2D eigenvalue weighted by molar-refractivity contribution is 0.0600. The van der Waals surface area contributed by atoms with Crippen LogP contribution in [-0.2, 0) is 13.0 Å². The van der Waals surface area contributed by atoms with Crippen LogP contribution in [0, 0.1) is 0 Å². The minimum absolute atomic E-state index is 0.127. The molecule has 2 saturated heterocycles. The number of likely N-dealkylation sites (N-methyl/N-ethyl adjacent to an activating group) is 1. The summed E-state index contributed by atoms with van der Waals surface area (Å²) in [6, 6.07) is 0.549. The minimum atomic E-state index is 0.127. The van der Waals surface area contributed by atoms with Crippen LogP contribution in [0.2, 0.25) is 0 Å². The van der Waals surface area contributed by atoms with Gasteiger partial charge in [-0.25, -0.2) is 0 Å². The molecule has 1 unspecified atom stereocenters. The van der Waals surface area contributed by atoms with Gasteiger partial charge in [-0.2, -0.15) is 5.10 Å². The van der Waals surface area contributed by atoms with Crippen molar-refractivity contribution in [1.82, 2.24) is 24.9 Å². The number of nitrogens with zero attached hydrogens (tertiary/aromatic N) is 4. The monoisotopic (exact) mass is 317 g/mol. The molecule has 0 bridgehead atoms. The summed E-state index contributed by atoms with van der Waals surface area (Å²) in [5, 5.41) is 7.47. The predicted octanol–water partition coefficient (Wildman–Crippen LogP) is 1.10. The van der Waals surface area contributed by atoms with Gasteiger partial charge >= 0.3 is 0 Å². The Morgan fingerprint density at radius 3 is 2.83 bits per heavy atom. The summed E-state index contributed by atoms with van der Waals surface area (Å²) >= 11 is 0. The Morgan fingerprint density at radius 1 is 1.17 bits per heavy atom. The van der Waals surface area contributed by atoms with E-state index in [0.717, 1.165) is 50.3 Å². The molecule has 3 aliphatic rings. The first-order valence-electron chi connectivity index (χ1n) is 9.00. The molecule has 4 rings (SSSR count). The van der Waals surface area contributed by atoms with Crippen LogP contribution in [0.3, 0.4) is 0 Å². The topological polar surface area (TPSA) is 55.5 Å². The van der Waals surface area contributed by atoms with Crippen LogP contribution in [0.5, 0.6) is 0 Å². The molecule has 6 nitrogen and oxygen atoms in total. The number of piperidine rings is 1. The van der Waals surface area contributed by atoms with Crippen molar-refractivity contribution in [2.24, 2.45) is 0 Å². The molecule has 23 heavy (non-hydrogen) atoms. The van der Waals surface area contributed by atoms with E-state index in [1.807, 2.05) is 4.90 Å². The number of likely N-dealkylation sites (tertiary alicyclic amines) is 2. The molecule has 1 amide bonds. The smallest absolute Gasteiger partial charge is 0.274 e. The van der Waals surface area contributed by atoms with Gasteiger partial charge < -0.3 is 9.80 Å². The van der Waals surface area contributed by atoms with Crippen molar-refractivity contribution in [3.05, 3.63) is 17.0 Å². The molecule has 6 heteroatoms. The molecule has 0 radical (unpaired) electrons. The van der Waals surface area contributed by atoms with E-state index in [9.17, 15) is 4.79 Å². The average molecular weight is 317 g/mol. The van der Waals surface area contributed by atoms with Crippen molar-refractivity contribution in [2.75, 3.05) is 39.8 Å². The molecular weight excluding hydrogens is 290 g/mol. The van der Waals surface area contributed by atoms with Gasteiger partial charge in [0.2, 0.25) is 0 Å². The fourth-order valence-electron chi connectivity index (χ4n) is 4.30. The molecule has 0 aliphatic carbocycles. The van der Waals surface area contributed by atoms with Crippen molar-refractivity contribution in [3.8, 4) is 0 Å². The molecule has 126 valence electrons. The number of aromatic nitrogens is 2. The summed E-state index contributed by atoms with van der Waals surface area (Å²) in [6.07, 6.45) is 5.92. The van der Waals surface area contributed by atoms with Gasteiger partial charge in [0.15, 0.2) is 5.69 Å². The zero-order valence-corrected chi connectivity index (χ0v) is 14.1. The van der Waals surface area contributed by atoms with E-state index in [0.29, 0.717) is 11.7 Å². The lowest BCUT2D eigenvalue weighted by Crippen LogP contribution is -2.49. The Hall–Kier alpha value is -1.40. The number of fused-ring (bicyclic) bond motifs is 1. The number of carbonyl (C=O) groups is 1. The Bertz CT molecular complexity index is 578. The molecular formula is C17H27N5O. The van der Waals surface area contributed by atoms with Crippen molar-refractivity contribution >= 4 is 5.91 Å². The number of aromatic amines is 1. The minimum Gasteiger partial charge on any atom is -0.336 e. The highest BCUT2D eigenvalue weighted by atomic mass is 16.2. The summed E-state index contributed by atoms with van der Waals surface area (Å²) < 4.78 is 0. The fourth-order valence-corrected chi connectivity index (χ4v) is 4.30. The van der Waals surface area contributed by atoms with Crippen LogP contribution in [0.4, 0.5) is 0 Å². The maximum absolute atomic E-state index is 13.0. The molecule has 0 saturated carbocycles. The normalized spacial score (nSPS) is 26.5. The molecule has 1 N–H and O–H groups in total. The van der Waals surface area contributed by atoms with Crippen molar-refractivity contribution in [2.45, 2.75) is 44.7 Å². The second-order valence-corrected chi connectivity index (χ2v) is 7.31. The second-order valence-electron chi connectivity index (χ2n) is 7.31. The largest absolute Gasteiger partial charge is 0.336 e. The first-order valence-corrected chi connectivity index (χ1v) is 9.00. The van der Waals surface area contributed by atoms with Crippen LogP contribution in [0.1, 0.15) is 47.4 Å². The summed E-state index contributed by atoms with van der Waals surface area (Å²) in [6.45, 7) is 6.02. The molecule has 2 fully saturated rings. The van der Waals surface area contributed by atoms with Gasteiger partial charge in [-0.05, 0) is 45.8 Å². The maximum atomic E-state index is 13.0. The van der Waals surface area contributed by atoms with Crippen LogP contribution >= 0.6 is 0 Å². The van der Waals surface area contributed by atoms with E-state index in [-0.39, 0.29) is 5.91 Å². The number of carbonyl (C=O) groups excluding carboxylic acids is 1. The number of rotatable bonds is 2. The number of H-pyrrole nitrogens is 1. The van der Waals surface area contributed by atoms with Gasteiger partial charge in [-0.3, -0.25) is 14.8 Å². The molecule has 0 spiro atoms. The van der Waals surface area contributed by atoms with Crippen LogP contribution in [-0.4, -0.2) is 76.6 Å². The highest BCUT2D eigenvalue weighted by Crippen LogP contribution is 2.24. The van der Waals surface area contributed by atoms with Gasteiger partial charge in [0, 0.05) is 49.9 Å². The van der Waals surface area contributed by atoms with Crippen molar-refractivity contribution in [1.29, 1.82) is 0 Å². The van der Waals surface area contributed by atoms with E-state index in [2.05, 4.69) is 27.0 Å². The third-order valence-electron chi connectivity index (χ3n) is 5.67. The first kappa shape index (κ1) is 15.1. The summed E-state index contributed by atoms with van der Waals surface area (Å²) in [5.74, 6) is 0.127. The lowest BCUT2D eigenvalue weighted by Gasteiger charge is -2.37. The maximum Gasteiger partial charge on any atom is 0.274 e. The van der Waals surface area contributed by atoms with Gasteiger partial charge in [0.05, 0.1) is 0 Å². The van der Waals surface area contributed by atoms with Gasteiger partial charge in [-0.1, -0.05) is 0 Å². The van der Waals surface area contributed by atoms with Crippen LogP contribution in [0.15, 0.2) is 0 Å². The Balaban J connectivity index is 1.49. The Morgan fingerprint density at radius 2 is 2.00 bits per heavy atom. The van der Waals surface area contributed by atoms with E-state index >= 15 is 0 Å². The zero-order chi connectivity index (χ0) is 15.8. The number of amides is 1. The number of hydrogen-bond donors (Lipinski definition) is 1. The summed E-state index contributed by atoms with van der Waals surface area (Å²) in [4.78, 5) is 19.9. The zero-order valence-electron chi connectivity index (χ0n) is 14.1. The number of nitrogens with one attached hydrogen (secondary N) is 1. The standard InChI is InChI=1S/C17H27N5O/c1-20-10-6-15-14(12-20)16(19-18-15)17(23)22-9-4-5-13(11-22)21-7-2-3-8-21/h13H,2-12H2,1H3,(H,18,19). The molecule has 4 heterocycles. The third-order valence-corrected chi connectivity index (χ3v) is 5.67. The lowest BCUT2D eigenvalue weighted by atomic mass is 10.0. The summed E-state index contributed by atoms with van der Waals surface area (Å²) in [7, 11) is 2.11. The predicted molar refractivity (Wildman–Crippen MR) is 88.4 cm³/mol. The molecule has 0 aromatic carbocycles. The highest BCUT2D eigenvalue weighted by molar-refractivity contribution is 5.94. The van der Waals surface area contributed by atoms with Crippen molar-refractivity contribution in [3.63, 3.8) is 0 Å². The SMILES string of the molecule is CN1CCc2[nH]nc(C(=O)N3CCCC(N4CCCC4)C3)c2C1. The van der Waals surface area contributed by atoms with Crippen LogP contribution < -0.4 is 0 Å². The molecule has 1 aromatic rings. The van der Waals surface area contributed by atoms with Gasteiger partial charge in [0.25, 0.3) is 5.91 Å². The quantitative estimate of drug-likeness (QED) is 0.887. The van der Waals surface area contributed by atoms with E-state index in [4.69, 9.17) is 0 Å². The van der Waals surface area contributed by atoms with E-state index < -0.39 is 0 Å². The second kappa shape index (κ2) is 6.24. The molecule has 1 atom stereocenters. The number of hydrogen-bond acceptors (Lipinski definition) is 4. The van der Waals surface area contributed by atoms with Gasteiger partial charge in [0.1, 0.15) is 0 Å². The van der Waals surface area contributed by atoms with E-state index in [1.165, 1.54) is 32.4 Å². The third kappa shape index (κ3) is 2.90. The summed E-state index contributed by atoms with van der Waals surface area (Å²) in [5.41, 5.74) is 2.93. The fraction of sp³-hybridized carbons (Fsp3) is 0.765. The van der Waals surface area contributed by atoms with Crippen molar-refractivity contribution < 1.29 is 4.79 Å². The molecule has 1 aromatic heterocycles. The first-order chi connectivity index (χ1) is 11.2.